The lowest BCUT2D eigenvalue weighted by Gasteiger charge is -2.39. The van der Waals surface area contributed by atoms with Gasteiger partial charge in [-0.3, -0.25) is 0 Å². The number of para-hydroxylation sites is 1. The molecule has 0 aliphatic carbocycles. The first kappa shape index (κ1) is 21.7. The van der Waals surface area contributed by atoms with Crippen LogP contribution in [-0.4, -0.2) is 58.0 Å². The van der Waals surface area contributed by atoms with Crippen LogP contribution in [0.4, 0.5) is 13.2 Å². The number of likely N-dealkylation sites (tertiary alicyclic amines) is 1. The van der Waals surface area contributed by atoms with Gasteiger partial charge in [0.1, 0.15) is 5.82 Å². The first-order valence-electron chi connectivity index (χ1n) is 8.66. The van der Waals surface area contributed by atoms with E-state index < -0.39 is 11.8 Å². The number of alkyl halides is 3. The van der Waals surface area contributed by atoms with Crippen LogP contribution in [0.1, 0.15) is 25.1 Å². The second-order valence-electron chi connectivity index (χ2n) is 6.67. The van der Waals surface area contributed by atoms with E-state index in [2.05, 4.69) is 9.97 Å². The van der Waals surface area contributed by atoms with Gasteiger partial charge in [0.25, 0.3) is 0 Å². The molecule has 0 unspecified atom stereocenters. The van der Waals surface area contributed by atoms with E-state index in [0.717, 1.165) is 10.9 Å². The van der Waals surface area contributed by atoms with E-state index in [4.69, 9.17) is 4.74 Å². The van der Waals surface area contributed by atoms with Gasteiger partial charge < -0.3 is 14.7 Å². The molecule has 2 heterocycles. The molecule has 0 saturated carbocycles. The quantitative estimate of drug-likeness (QED) is 0.771. The summed E-state index contributed by atoms with van der Waals surface area (Å²) in [4.78, 5) is 10.6. The Kier molecular flexibility index (Phi) is 6.88. The Labute approximate surface area is 162 Å². The number of aryl methyl sites for hydroxylation is 1. The number of halogens is 4. The Bertz CT molecular complexity index is 765. The molecule has 1 aromatic carbocycles. The summed E-state index contributed by atoms with van der Waals surface area (Å²) < 4.78 is 44.2. The molecule has 2 aromatic rings. The van der Waals surface area contributed by atoms with Crippen LogP contribution < -0.4 is 4.74 Å². The normalized spacial score (nSPS) is 17.5. The molecule has 0 amide bonds. The van der Waals surface area contributed by atoms with Crippen LogP contribution >= 0.6 is 12.4 Å². The lowest BCUT2D eigenvalue weighted by Crippen LogP contribution is -2.53. The first-order valence-corrected chi connectivity index (χ1v) is 8.66. The Morgan fingerprint density at radius 2 is 1.85 bits per heavy atom. The van der Waals surface area contributed by atoms with Crippen molar-refractivity contribution in [3.05, 3.63) is 30.1 Å². The third kappa shape index (κ3) is 5.00. The van der Waals surface area contributed by atoms with Gasteiger partial charge in [0.15, 0.2) is 5.60 Å². The smallest absolute Gasteiger partial charge is 0.417 e. The minimum absolute atomic E-state index is 0. The molecule has 0 radical (unpaired) electrons. The summed E-state index contributed by atoms with van der Waals surface area (Å²) in [6.07, 6.45) is -4.46. The van der Waals surface area contributed by atoms with Crippen molar-refractivity contribution >= 4 is 23.3 Å². The van der Waals surface area contributed by atoms with Gasteiger partial charge in [-0.15, -0.1) is 12.4 Å². The Morgan fingerprint density at radius 1 is 1.19 bits per heavy atom. The molecule has 0 atom stereocenters. The highest BCUT2D eigenvalue weighted by Gasteiger charge is 2.54. The highest BCUT2D eigenvalue weighted by molar-refractivity contribution is 5.85. The molecule has 0 bridgehead atoms. The molecule has 1 saturated heterocycles. The number of fused-ring (bicyclic) bond motifs is 1. The molecule has 150 valence electrons. The zero-order valence-electron chi connectivity index (χ0n) is 15.0. The van der Waals surface area contributed by atoms with E-state index in [1.165, 1.54) is 0 Å². The lowest BCUT2D eigenvalue weighted by atomic mass is 9.91. The molecule has 1 N–H and O–H groups in total. The maximum absolute atomic E-state index is 12.8. The summed E-state index contributed by atoms with van der Waals surface area (Å²) >= 11 is 0. The highest BCUT2D eigenvalue weighted by atomic mass is 35.5. The molecule has 1 aliphatic heterocycles. The molecule has 27 heavy (non-hydrogen) atoms. The second-order valence-corrected chi connectivity index (χ2v) is 6.67. The van der Waals surface area contributed by atoms with E-state index in [-0.39, 0.29) is 38.3 Å². The zero-order valence-corrected chi connectivity index (χ0v) is 15.8. The van der Waals surface area contributed by atoms with Crippen molar-refractivity contribution in [2.75, 3.05) is 26.2 Å². The van der Waals surface area contributed by atoms with Crippen molar-refractivity contribution in [3.63, 3.8) is 0 Å². The van der Waals surface area contributed by atoms with Gasteiger partial charge in [0.2, 0.25) is 5.88 Å². The van der Waals surface area contributed by atoms with Crippen molar-refractivity contribution < 1.29 is 23.0 Å². The number of hydrogen-bond acceptors (Lipinski definition) is 5. The van der Waals surface area contributed by atoms with Crippen LogP contribution in [-0.2, 0) is 0 Å². The van der Waals surface area contributed by atoms with Crippen molar-refractivity contribution in [2.24, 2.45) is 0 Å². The highest BCUT2D eigenvalue weighted by Crippen LogP contribution is 2.38. The van der Waals surface area contributed by atoms with E-state index >= 15 is 0 Å². The number of ether oxygens (including phenoxy) is 1. The minimum Gasteiger partial charge on any atom is -0.477 e. The fourth-order valence-electron chi connectivity index (χ4n) is 3.16. The topological polar surface area (TPSA) is 58.5 Å². The molecule has 1 aliphatic rings. The van der Waals surface area contributed by atoms with Crippen LogP contribution in [0.25, 0.3) is 10.9 Å². The SMILES string of the molecule is Cc1nc(OCCCN2CCC(O)(C(F)(F)F)CC2)c2ccccc2n1.Cl. The van der Waals surface area contributed by atoms with Gasteiger partial charge in [0, 0.05) is 19.6 Å². The van der Waals surface area contributed by atoms with Crippen molar-refractivity contribution in [1.82, 2.24) is 14.9 Å². The number of piperidine rings is 1. The number of benzene rings is 1. The molecule has 3 rings (SSSR count). The number of aromatic nitrogens is 2. The van der Waals surface area contributed by atoms with Gasteiger partial charge in [-0.25, -0.2) is 4.98 Å². The number of nitrogens with zero attached hydrogens (tertiary/aromatic N) is 3. The predicted octanol–water partition coefficient (Wildman–Crippen LogP) is 3.52. The van der Waals surface area contributed by atoms with Crippen LogP contribution in [0.15, 0.2) is 24.3 Å². The van der Waals surface area contributed by atoms with E-state index in [0.29, 0.717) is 31.3 Å². The molecular formula is C18H23ClF3N3O2. The Balaban J connectivity index is 0.00000261. The molecule has 9 heteroatoms. The summed E-state index contributed by atoms with van der Waals surface area (Å²) in [5.74, 6) is 1.15. The zero-order chi connectivity index (χ0) is 18.8. The van der Waals surface area contributed by atoms with Crippen LogP contribution in [0.3, 0.4) is 0 Å². The summed E-state index contributed by atoms with van der Waals surface area (Å²) in [6.45, 7) is 3.29. The van der Waals surface area contributed by atoms with E-state index in [1.807, 2.05) is 29.2 Å². The molecule has 1 fully saturated rings. The summed E-state index contributed by atoms with van der Waals surface area (Å²) in [5.41, 5.74) is -1.73. The summed E-state index contributed by atoms with van der Waals surface area (Å²) in [5, 5.41) is 10.5. The fraction of sp³-hybridized carbons (Fsp3) is 0.556. The lowest BCUT2D eigenvalue weighted by molar-refractivity contribution is -0.272. The van der Waals surface area contributed by atoms with E-state index in [9.17, 15) is 18.3 Å². The van der Waals surface area contributed by atoms with E-state index in [1.54, 1.807) is 6.92 Å². The predicted molar refractivity (Wildman–Crippen MR) is 98.3 cm³/mol. The average Bonchev–Trinajstić information content (AvgIpc) is 2.59. The molecule has 5 nitrogen and oxygen atoms in total. The molecule has 0 spiro atoms. The third-order valence-corrected chi connectivity index (χ3v) is 4.75. The molecular weight excluding hydrogens is 383 g/mol. The summed E-state index contributed by atoms with van der Waals surface area (Å²) in [7, 11) is 0. The Morgan fingerprint density at radius 3 is 2.52 bits per heavy atom. The van der Waals surface area contributed by atoms with Crippen LogP contribution in [0, 0.1) is 6.92 Å². The minimum atomic E-state index is -4.56. The third-order valence-electron chi connectivity index (χ3n) is 4.75. The van der Waals surface area contributed by atoms with Gasteiger partial charge in [-0.2, -0.15) is 18.2 Å². The maximum atomic E-state index is 12.8. The Hall–Kier alpha value is -1.64. The fourth-order valence-corrected chi connectivity index (χ4v) is 3.16. The largest absolute Gasteiger partial charge is 0.477 e. The first-order chi connectivity index (χ1) is 12.3. The number of hydrogen-bond donors (Lipinski definition) is 1. The van der Waals surface area contributed by atoms with Gasteiger partial charge in [0.05, 0.1) is 17.5 Å². The van der Waals surface area contributed by atoms with Crippen LogP contribution in [0.2, 0.25) is 0 Å². The molecule has 1 aromatic heterocycles. The van der Waals surface area contributed by atoms with Crippen molar-refractivity contribution in [1.29, 1.82) is 0 Å². The van der Waals surface area contributed by atoms with Crippen molar-refractivity contribution in [2.45, 2.75) is 38.0 Å². The van der Waals surface area contributed by atoms with Gasteiger partial charge >= 0.3 is 6.18 Å². The average molecular weight is 406 g/mol. The van der Waals surface area contributed by atoms with Gasteiger partial charge in [-0.1, -0.05) is 12.1 Å². The second kappa shape index (κ2) is 8.58. The summed E-state index contributed by atoms with van der Waals surface area (Å²) in [6, 6.07) is 7.58. The van der Waals surface area contributed by atoms with Crippen LogP contribution in [0.5, 0.6) is 5.88 Å². The van der Waals surface area contributed by atoms with Crippen molar-refractivity contribution in [3.8, 4) is 5.88 Å². The van der Waals surface area contributed by atoms with Gasteiger partial charge in [-0.05, 0) is 38.3 Å². The maximum Gasteiger partial charge on any atom is 0.417 e. The number of rotatable bonds is 5. The standard InChI is InChI=1S/C18H22F3N3O2.ClH/c1-13-22-15-6-3-2-5-14(15)16(23-13)26-12-4-9-24-10-7-17(25,8-11-24)18(19,20)21;/h2-3,5-6,25H,4,7-12H2,1H3;1H. The monoisotopic (exact) mass is 405 g/mol. The number of aliphatic hydroxyl groups is 1.